The third kappa shape index (κ3) is 4.44. The van der Waals surface area contributed by atoms with E-state index < -0.39 is 17.5 Å². The Morgan fingerprint density at radius 2 is 1.82 bits per heavy atom. The number of hydrogen-bond donors (Lipinski definition) is 1. The van der Waals surface area contributed by atoms with Crippen LogP contribution in [0.3, 0.4) is 0 Å². The average Bonchev–Trinajstić information content (AvgIpc) is 3.77. The van der Waals surface area contributed by atoms with Crippen molar-refractivity contribution in [2.45, 2.75) is 12.8 Å². The Morgan fingerprint density at radius 3 is 2.52 bits per heavy atom. The maximum absolute atomic E-state index is 14.5. The lowest BCUT2D eigenvalue weighted by molar-refractivity contribution is -0.117. The minimum Gasteiger partial charge on any atom is -0.480 e. The van der Waals surface area contributed by atoms with Crippen LogP contribution in [0.2, 0.25) is 0 Å². The molecule has 9 nitrogen and oxygen atoms in total. The molecule has 0 atom stereocenters. The Balaban J connectivity index is 1.48. The smallest absolute Gasteiger partial charge is 0.255 e. The van der Waals surface area contributed by atoms with Crippen LogP contribution in [0.1, 0.15) is 23.2 Å². The molecule has 4 heterocycles. The van der Waals surface area contributed by atoms with E-state index in [9.17, 15) is 18.4 Å². The van der Waals surface area contributed by atoms with Gasteiger partial charge in [0.15, 0.2) is 11.4 Å². The summed E-state index contributed by atoms with van der Waals surface area (Å²) in [5, 5.41) is 3.14. The number of aromatic nitrogens is 2. The van der Waals surface area contributed by atoms with Crippen molar-refractivity contribution in [3.05, 3.63) is 84.1 Å². The third-order valence-electron chi connectivity index (χ3n) is 7.69. The molecule has 0 aliphatic carbocycles. The van der Waals surface area contributed by atoms with Crippen LogP contribution in [0.15, 0.2) is 75.7 Å². The summed E-state index contributed by atoms with van der Waals surface area (Å²) < 4.78 is 45.8. The van der Waals surface area contributed by atoms with Gasteiger partial charge in [-0.1, -0.05) is 6.07 Å². The highest BCUT2D eigenvalue weighted by atomic mass is 19.1. The predicted molar refractivity (Wildman–Crippen MR) is 159 cm³/mol. The second-order valence-electron chi connectivity index (χ2n) is 10.3. The van der Waals surface area contributed by atoms with Crippen LogP contribution < -0.4 is 15.0 Å². The van der Waals surface area contributed by atoms with Gasteiger partial charge >= 0.3 is 0 Å². The lowest BCUT2D eigenvalue weighted by Gasteiger charge is -2.20. The van der Waals surface area contributed by atoms with Crippen molar-refractivity contribution in [1.29, 1.82) is 0 Å². The summed E-state index contributed by atoms with van der Waals surface area (Å²) in [6.45, 7) is 0.492. The van der Waals surface area contributed by atoms with Crippen LogP contribution in [0.5, 0.6) is 5.88 Å². The zero-order chi connectivity index (χ0) is 30.5. The number of oxazole rings is 1. The first kappa shape index (κ1) is 27.3. The zero-order valence-electron chi connectivity index (χ0n) is 23.6. The van der Waals surface area contributed by atoms with E-state index in [1.165, 1.54) is 50.6 Å². The number of para-hydroxylation sites is 1. The Labute approximate surface area is 249 Å². The molecule has 0 bridgehead atoms. The molecule has 2 amide bonds. The number of halogens is 2. The lowest BCUT2D eigenvalue weighted by atomic mass is 9.98. The van der Waals surface area contributed by atoms with Gasteiger partial charge in [0.2, 0.25) is 17.7 Å². The number of anilines is 1. The summed E-state index contributed by atoms with van der Waals surface area (Å²) in [5.41, 5.74) is 3.55. The monoisotopic (exact) mass is 594 g/mol. The number of amides is 2. The molecule has 3 aromatic carbocycles. The SMILES string of the molecule is CNC(=O)c1c(-c2ccc(F)cc2)oc2cc(N3CCCC3=O)c(-c3cnc(OC)c(-c4nc5c(F)cccc5o4)c3)cc12. The predicted octanol–water partition coefficient (Wildman–Crippen LogP) is 6.74. The van der Waals surface area contributed by atoms with Gasteiger partial charge in [0.05, 0.1) is 23.9 Å². The molecular weight excluding hydrogens is 570 g/mol. The van der Waals surface area contributed by atoms with E-state index in [1.807, 2.05) is 0 Å². The first-order valence-electron chi connectivity index (χ1n) is 13.8. The average molecular weight is 595 g/mol. The van der Waals surface area contributed by atoms with Crippen molar-refractivity contribution >= 4 is 39.6 Å². The summed E-state index contributed by atoms with van der Waals surface area (Å²) in [4.78, 5) is 36.7. The van der Waals surface area contributed by atoms with Gasteiger partial charge in [-0.2, -0.15) is 0 Å². The first-order chi connectivity index (χ1) is 21.4. The van der Waals surface area contributed by atoms with Gasteiger partial charge in [0.1, 0.15) is 22.7 Å². The van der Waals surface area contributed by atoms with E-state index in [2.05, 4.69) is 15.3 Å². The van der Waals surface area contributed by atoms with Gasteiger partial charge in [0.25, 0.3) is 5.91 Å². The molecule has 0 spiro atoms. The Bertz CT molecular complexity index is 2100. The number of nitrogens with one attached hydrogen (secondary N) is 1. The van der Waals surface area contributed by atoms with Crippen molar-refractivity contribution in [2.75, 3.05) is 25.6 Å². The minimum atomic E-state index is -0.528. The second-order valence-corrected chi connectivity index (χ2v) is 10.3. The van der Waals surface area contributed by atoms with E-state index >= 15 is 0 Å². The highest BCUT2D eigenvalue weighted by Gasteiger charge is 2.29. The van der Waals surface area contributed by atoms with E-state index in [0.717, 1.165) is 0 Å². The first-order valence-corrected chi connectivity index (χ1v) is 13.8. The van der Waals surface area contributed by atoms with Crippen LogP contribution in [0.4, 0.5) is 14.5 Å². The van der Waals surface area contributed by atoms with Crippen LogP contribution >= 0.6 is 0 Å². The highest BCUT2D eigenvalue weighted by Crippen LogP contribution is 2.43. The fourth-order valence-electron chi connectivity index (χ4n) is 5.59. The number of ether oxygens (including phenoxy) is 1. The molecule has 1 saturated heterocycles. The number of carbonyl (C=O) groups is 2. The summed E-state index contributed by atoms with van der Waals surface area (Å²) >= 11 is 0. The van der Waals surface area contributed by atoms with Gasteiger partial charge in [-0.3, -0.25) is 9.59 Å². The number of pyridine rings is 1. The summed E-state index contributed by atoms with van der Waals surface area (Å²) in [6.07, 6.45) is 2.65. The summed E-state index contributed by atoms with van der Waals surface area (Å²) in [7, 11) is 2.96. The highest BCUT2D eigenvalue weighted by molar-refractivity contribution is 6.14. The van der Waals surface area contributed by atoms with Crippen molar-refractivity contribution < 1.29 is 31.9 Å². The number of benzene rings is 3. The molecule has 0 unspecified atom stereocenters. The van der Waals surface area contributed by atoms with Gasteiger partial charge < -0.3 is 23.8 Å². The standard InChI is InChI=1S/C33H24F2N4O5/c1-36-31(41)28-21-14-20(18-13-22(32(42-2)37-16-18)33-38-29-23(35)5-3-6-25(29)44-33)24(39-12-4-7-27(39)40)15-26(21)43-30(28)17-8-10-19(34)11-9-17/h3,5-6,8-11,13-16H,4,7,12H2,1-2H3,(H,36,41). The zero-order valence-corrected chi connectivity index (χ0v) is 23.6. The minimum absolute atomic E-state index is 0.0569. The van der Waals surface area contributed by atoms with E-state index in [-0.39, 0.29) is 40.1 Å². The van der Waals surface area contributed by atoms with Crippen molar-refractivity contribution in [3.8, 4) is 39.8 Å². The molecule has 6 aromatic rings. The lowest BCUT2D eigenvalue weighted by Crippen LogP contribution is -2.24. The molecule has 44 heavy (non-hydrogen) atoms. The molecule has 0 saturated carbocycles. The maximum Gasteiger partial charge on any atom is 0.255 e. The second kappa shape index (κ2) is 10.6. The van der Waals surface area contributed by atoms with Crippen molar-refractivity contribution in [1.82, 2.24) is 15.3 Å². The number of rotatable bonds is 6. The number of carbonyl (C=O) groups excluding carboxylic acids is 2. The maximum atomic E-state index is 14.5. The molecule has 3 aromatic heterocycles. The molecule has 1 aliphatic rings. The Hall–Kier alpha value is -5.58. The summed E-state index contributed by atoms with van der Waals surface area (Å²) in [6, 6.07) is 15.3. The molecule has 220 valence electrons. The number of methoxy groups -OCH3 is 1. The van der Waals surface area contributed by atoms with E-state index in [0.29, 0.717) is 58.3 Å². The largest absolute Gasteiger partial charge is 0.480 e. The molecule has 1 N–H and O–H groups in total. The van der Waals surface area contributed by atoms with Gasteiger partial charge in [-0.25, -0.2) is 18.7 Å². The normalized spacial score (nSPS) is 13.3. The fourth-order valence-corrected chi connectivity index (χ4v) is 5.59. The molecular formula is C33H24F2N4O5. The quantitative estimate of drug-likeness (QED) is 0.227. The molecule has 1 fully saturated rings. The molecule has 1 aliphatic heterocycles. The number of furan rings is 1. The van der Waals surface area contributed by atoms with Crippen molar-refractivity contribution in [2.24, 2.45) is 0 Å². The Morgan fingerprint density at radius 1 is 1.00 bits per heavy atom. The molecule has 0 radical (unpaired) electrons. The number of nitrogens with zero attached hydrogens (tertiary/aromatic N) is 3. The van der Waals surface area contributed by atoms with Crippen LogP contribution in [-0.4, -0.2) is 42.5 Å². The van der Waals surface area contributed by atoms with Gasteiger partial charge in [-0.05, 0) is 55.0 Å². The van der Waals surface area contributed by atoms with Crippen molar-refractivity contribution in [3.63, 3.8) is 0 Å². The van der Waals surface area contributed by atoms with E-state index in [4.69, 9.17) is 13.6 Å². The van der Waals surface area contributed by atoms with Gasteiger partial charge in [-0.15, -0.1) is 0 Å². The fraction of sp³-hybridized carbons (Fsp3) is 0.152. The summed E-state index contributed by atoms with van der Waals surface area (Å²) in [5.74, 6) is -0.845. The van der Waals surface area contributed by atoms with Crippen LogP contribution in [-0.2, 0) is 4.79 Å². The third-order valence-corrected chi connectivity index (χ3v) is 7.69. The van der Waals surface area contributed by atoms with E-state index in [1.54, 1.807) is 35.4 Å². The molecule has 7 rings (SSSR count). The Kier molecular flexibility index (Phi) is 6.57. The van der Waals surface area contributed by atoms with Crippen LogP contribution in [0.25, 0.3) is 56.0 Å². The number of hydrogen-bond acceptors (Lipinski definition) is 7. The number of fused-ring (bicyclic) bond motifs is 2. The van der Waals surface area contributed by atoms with Gasteiger partial charge in [0, 0.05) is 54.4 Å². The van der Waals surface area contributed by atoms with Crippen LogP contribution in [0, 0.1) is 11.6 Å². The topological polar surface area (TPSA) is 111 Å². The molecule has 11 heteroatoms.